The fraction of sp³-hybridized carbons (Fsp3) is 0.438. The topological polar surface area (TPSA) is 59.6 Å². The second kappa shape index (κ2) is 5.50. The van der Waals surface area contributed by atoms with E-state index in [4.69, 9.17) is 0 Å². The van der Waals surface area contributed by atoms with Crippen LogP contribution >= 0.6 is 0 Å². The minimum Gasteiger partial charge on any atom is -0.391 e. The first kappa shape index (κ1) is 14.1. The molecule has 0 spiro atoms. The third-order valence-electron chi connectivity index (χ3n) is 4.05. The number of amides is 1. The van der Waals surface area contributed by atoms with E-state index in [0.717, 1.165) is 17.4 Å². The van der Waals surface area contributed by atoms with Crippen molar-refractivity contribution in [3.05, 3.63) is 36.0 Å². The summed E-state index contributed by atoms with van der Waals surface area (Å²) in [7, 11) is 3.97. The molecule has 1 saturated heterocycles. The van der Waals surface area contributed by atoms with E-state index in [-0.39, 0.29) is 11.9 Å². The lowest BCUT2D eigenvalue weighted by molar-refractivity contribution is 0.0701. The molecular formula is C16H21N3O2. The highest BCUT2D eigenvalue weighted by Gasteiger charge is 2.35. The number of para-hydroxylation sites is 1. The summed E-state index contributed by atoms with van der Waals surface area (Å²) in [5.41, 5.74) is 1.65. The predicted octanol–water partition coefficient (Wildman–Crippen LogP) is 1.30. The summed E-state index contributed by atoms with van der Waals surface area (Å²) >= 11 is 0. The number of aromatic nitrogens is 1. The van der Waals surface area contributed by atoms with Gasteiger partial charge in [0, 0.05) is 36.2 Å². The van der Waals surface area contributed by atoms with Crippen LogP contribution in [0.25, 0.3) is 10.9 Å². The van der Waals surface area contributed by atoms with Crippen LogP contribution in [-0.2, 0) is 0 Å². The van der Waals surface area contributed by atoms with Crippen molar-refractivity contribution in [1.29, 1.82) is 0 Å². The molecule has 1 aliphatic rings. The van der Waals surface area contributed by atoms with E-state index >= 15 is 0 Å². The molecule has 3 rings (SSSR count). The number of hydrogen-bond acceptors (Lipinski definition) is 3. The lowest BCUT2D eigenvalue weighted by Crippen LogP contribution is -2.41. The van der Waals surface area contributed by atoms with E-state index in [1.54, 1.807) is 11.1 Å². The van der Waals surface area contributed by atoms with Gasteiger partial charge in [0.1, 0.15) is 0 Å². The van der Waals surface area contributed by atoms with Crippen molar-refractivity contribution in [2.45, 2.75) is 18.6 Å². The van der Waals surface area contributed by atoms with Gasteiger partial charge >= 0.3 is 0 Å². The van der Waals surface area contributed by atoms with E-state index in [1.807, 2.05) is 38.4 Å². The van der Waals surface area contributed by atoms with Crippen LogP contribution < -0.4 is 0 Å². The number of carbonyl (C=O) groups is 1. The molecule has 1 aliphatic heterocycles. The highest BCUT2D eigenvalue weighted by Crippen LogP contribution is 2.25. The minimum absolute atomic E-state index is 0.00384. The Morgan fingerprint density at radius 3 is 2.95 bits per heavy atom. The predicted molar refractivity (Wildman–Crippen MR) is 82.3 cm³/mol. The van der Waals surface area contributed by atoms with Gasteiger partial charge < -0.3 is 19.9 Å². The fourth-order valence-electron chi connectivity index (χ4n) is 3.14. The van der Waals surface area contributed by atoms with Crippen LogP contribution in [0.4, 0.5) is 0 Å². The van der Waals surface area contributed by atoms with E-state index in [2.05, 4.69) is 9.88 Å². The van der Waals surface area contributed by atoms with Crippen LogP contribution in [0.1, 0.15) is 16.8 Å². The Morgan fingerprint density at radius 1 is 1.43 bits per heavy atom. The smallest absolute Gasteiger partial charge is 0.256 e. The maximum Gasteiger partial charge on any atom is 0.256 e. The molecule has 2 unspecified atom stereocenters. The van der Waals surface area contributed by atoms with Crippen molar-refractivity contribution < 1.29 is 9.90 Å². The molecule has 112 valence electrons. The van der Waals surface area contributed by atoms with Gasteiger partial charge in [0.2, 0.25) is 0 Å². The zero-order valence-electron chi connectivity index (χ0n) is 12.4. The molecule has 1 aromatic carbocycles. The first-order valence-corrected chi connectivity index (χ1v) is 7.26. The number of benzene rings is 1. The number of nitrogens with zero attached hydrogens (tertiary/aromatic N) is 2. The molecule has 0 saturated carbocycles. The number of H-pyrrole nitrogens is 1. The van der Waals surface area contributed by atoms with Gasteiger partial charge in [-0.3, -0.25) is 4.79 Å². The average molecular weight is 287 g/mol. The maximum absolute atomic E-state index is 12.8. The minimum atomic E-state index is -0.427. The Balaban J connectivity index is 1.90. The molecule has 2 aromatic rings. The number of nitrogens with one attached hydrogen (secondary N) is 1. The van der Waals surface area contributed by atoms with Crippen LogP contribution in [-0.4, -0.2) is 65.1 Å². The summed E-state index contributed by atoms with van der Waals surface area (Å²) in [4.78, 5) is 19.8. The molecule has 1 amide bonds. The van der Waals surface area contributed by atoms with Crippen molar-refractivity contribution in [2.75, 3.05) is 27.2 Å². The molecule has 1 aromatic heterocycles. The zero-order chi connectivity index (χ0) is 15.0. The van der Waals surface area contributed by atoms with E-state index in [0.29, 0.717) is 18.5 Å². The van der Waals surface area contributed by atoms with Crippen LogP contribution in [0.3, 0.4) is 0 Å². The molecular weight excluding hydrogens is 266 g/mol. The second-order valence-electron chi connectivity index (χ2n) is 6.01. The van der Waals surface area contributed by atoms with Crippen LogP contribution in [0, 0.1) is 0 Å². The van der Waals surface area contributed by atoms with Crippen molar-refractivity contribution in [1.82, 2.24) is 14.8 Å². The number of aliphatic hydroxyl groups excluding tert-OH is 1. The Bertz CT molecular complexity index is 650. The third-order valence-corrected chi connectivity index (χ3v) is 4.05. The zero-order valence-corrected chi connectivity index (χ0v) is 12.4. The van der Waals surface area contributed by atoms with Gasteiger partial charge in [-0.2, -0.15) is 0 Å². The molecule has 2 atom stereocenters. The summed E-state index contributed by atoms with van der Waals surface area (Å²) in [5.74, 6) is -0.00384. The van der Waals surface area contributed by atoms with Crippen LogP contribution in [0.2, 0.25) is 0 Å². The number of likely N-dealkylation sites (N-methyl/N-ethyl adjacent to an activating group) is 1. The van der Waals surface area contributed by atoms with Gasteiger partial charge in [-0.1, -0.05) is 18.2 Å². The van der Waals surface area contributed by atoms with Gasteiger partial charge in [-0.25, -0.2) is 0 Å². The Morgan fingerprint density at radius 2 is 2.19 bits per heavy atom. The molecule has 0 bridgehead atoms. The summed E-state index contributed by atoms with van der Waals surface area (Å²) in [6.07, 6.45) is 1.99. The average Bonchev–Trinajstić information content (AvgIpc) is 3.01. The lowest BCUT2D eigenvalue weighted by Gasteiger charge is -2.26. The number of aromatic amines is 1. The summed E-state index contributed by atoms with van der Waals surface area (Å²) in [6, 6.07) is 7.86. The largest absolute Gasteiger partial charge is 0.391 e. The van der Waals surface area contributed by atoms with Gasteiger partial charge in [-0.15, -0.1) is 0 Å². The fourth-order valence-corrected chi connectivity index (χ4v) is 3.14. The van der Waals surface area contributed by atoms with Gasteiger partial charge in [0.15, 0.2) is 0 Å². The monoisotopic (exact) mass is 287 g/mol. The van der Waals surface area contributed by atoms with Crippen molar-refractivity contribution in [2.24, 2.45) is 0 Å². The Kier molecular flexibility index (Phi) is 3.69. The first-order valence-electron chi connectivity index (χ1n) is 7.26. The van der Waals surface area contributed by atoms with Crippen LogP contribution in [0.5, 0.6) is 0 Å². The SMILES string of the molecule is CN(C)CC1CC(O)CN1C(=O)c1c[nH]c2ccccc12. The normalized spacial score (nSPS) is 22.4. The number of rotatable bonds is 3. The standard InChI is InChI=1S/C16H21N3O2/c1-18(2)9-11-7-12(20)10-19(11)16(21)14-8-17-15-6-4-3-5-13(14)15/h3-6,8,11-12,17,20H,7,9-10H2,1-2H3. The number of carbonyl (C=O) groups excluding carboxylic acids is 1. The molecule has 2 N–H and O–H groups in total. The van der Waals surface area contributed by atoms with Crippen molar-refractivity contribution >= 4 is 16.8 Å². The molecule has 5 heteroatoms. The van der Waals surface area contributed by atoms with Gasteiger partial charge in [-0.05, 0) is 26.6 Å². The van der Waals surface area contributed by atoms with Crippen molar-refractivity contribution in [3.8, 4) is 0 Å². The second-order valence-corrected chi connectivity index (χ2v) is 6.01. The number of aliphatic hydroxyl groups is 1. The Hall–Kier alpha value is -1.85. The lowest BCUT2D eigenvalue weighted by atomic mass is 10.1. The first-order chi connectivity index (χ1) is 10.1. The molecule has 21 heavy (non-hydrogen) atoms. The number of β-amino-alcohol motifs (C(OH)–C–C–N with tert-alkyl or cyclic N) is 1. The number of hydrogen-bond donors (Lipinski definition) is 2. The molecule has 2 heterocycles. The molecule has 5 nitrogen and oxygen atoms in total. The van der Waals surface area contributed by atoms with Crippen LogP contribution in [0.15, 0.2) is 30.5 Å². The third kappa shape index (κ3) is 2.66. The Labute approximate surface area is 124 Å². The highest BCUT2D eigenvalue weighted by molar-refractivity contribution is 6.06. The quantitative estimate of drug-likeness (QED) is 0.894. The summed E-state index contributed by atoms with van der Waals surface area (Å²) < 4.78 is 0. The molecule has 1 fully saturated rings. The summed E-state index contributed by atoms with van der Waals surface area (Å²) in [5, 5.41) is 10.9. The van der Waals surface area contributed by atoms with E-state index in [9.17, 15) is 9.90 Å². The molecule has 0 radical (unpaired) electrons. The summed E-state index contributed by atoms with van der Waals surface area (Å²) in [6.45, 7) is 1.18. The van der Waals surface area contributed by atoms with Crippen molar-refractivity contribution in [3.63, 3.8) is 0 Å². The van der Waals surface area contributed by atoms with E-state index < -0.39 is 6.10 Å². The van der Waals surface area contributed by atoms with Gasteiger partial charge in [0.05, 0.1) is 11.7 Å². The molecule has 0 aliphatic carbocycles. The number of fused-ring (bicyclic) bond motifs is 1. The maximum atomic E-state index is 12.8. The highest BCUT2D eigenvalue weighted by atomic mass is 16.3. The van der Waals surface area contributed by atoms with E-state index in [1.165, 1.54) is 0 Å². The number of likely N-dealkylation sites (tertiary alicyclic amines) is 1. The van der Waals surface area contributed by atoms with Gasteiger partial charge in [0.25, 0.3) is 5.91 Å².